The zero-order valence-electron chi connectivity index (χ0n) is 28.8. The number of fused-ring (bicyclic) bond motifs is 1. The van der Waals surface area contributed by atoms with E-state index in [0.29, 0.717) is 50.2 Å². The molecule has 0 radical (unpaired) electrons. The molecule has 0 bridgehead atoms. The summed E-state index contributed by atoms with van der Waals surface area (Å²) in [5.41, 5.74) is 1.66. The lowest BCUT2D eigenvalue weighted by Crippen LogP contribution is -2.57. The molecule has 6 rings (SSSR count). The van der Waals surface area contributed by atoms with Crippen molar-refractivity contribution in [3.8, 4) is 0 Å². The van der Waals surface area contributed by atoms with Crippen LogP contribution in [-0.2, 0) is 19.4 Å². The van der Waals surface area contributed by atoms with Gasteiger partial charge in [-0.25, -0.2) is 22.8 Å². The molecule has 264 valence electrons. The van der Waals surface area contributed by atoms with Gasteiger partial charge in [-0.3, -0.25) is 9.78 Å². The molecule has 0 saturated carbocycles. The van der Waals surface area contributed by atoms with Crippen LogP contribution in [0.5, 0.6) is 0 Å². The van der Waals surface area contributed by atoms with E-state index in [1.807, 2.05) is 54.1 Å². The summed E-state index contributed by atoms with van der Waals surface area (Å²) in [6.07, 6.45) is 10.7. The molecule has 1 unspecified atom stereocenters. The monoisotopic (exact) mass is 695 g/mol. The molecule has 3 aliphatic heterocycles. The molecule has 0 spiro atoms. The fourth-order valence-electron chi connectivity index (χ4n) is 7.10. The first-order valence-electron chi connectivity index (χ1n) is 16.8. The number of halogens is 1. The maximum Gasteiger partial charge on any atom is 0.246 e. The SMILES string of the molecule is CO[C@@H]1CCN(c2nccc(Nc3cc4c(C5CCCN5C(=O)/C=C/CN(C)C)ncc(N5C[C@H](CS(C)(=O)=O)[C@H]5C)c4cn3)n2)C[C@@H]1F. The summed E-state index contributed by atoms with van der Waals surface area (Å²) < 4.78 is 44.0. The zero-order chi connectivity index (χ0) is 34.9. The number of hydrogen-bond donors (Lipinski definition) is 1. The summed E-state index contributed by atoms with van der Waals surface area (Å²) in [4.78, 5) is 40.0. The number of amides is 1. The van der Waals surface area contributed by atoms with E-state index in [1.54, 1.807) is 24.5 Å². The highest BCUT2D eigenvalue weighted by Gasteiger charge is 2.39. The van der Waals surface area contributed by atoms with E-state index in [-0.39, 0.29) is 36.2 Å². The van der Waals surface area contributed by atoms with Crippen molar-refractivity contribution in [2.24, 2.45) is 5.92 Å². The van der Waals surface area contributed by atoms with Gasteiger partial charge in [-0.05, 0) is 52.4 Å². The molecule has 3 aliphatic rings. The van der Waals surface area contributed by atoms with Crippen molar-refractivity contribution in [1.82, 2.24) is 29.7 Å². The number of hydrogen-bond acceptors (Lipinski definition) is 12. The Morgan fingerprint density at radius 3 is 2.65 bits per heavy atom. The van der Waals surface area contributed by atoms with E-state index in [4.69, 9.17) is 14.7 Å². The van der Waals surface area contributed by atoms with Gasteiger partial charge in [0.15, 0.2) is 0 Å². The number of carbonyl (C=O) groups is 1. The van der Waals surface area contributed by atoms with Gasteiger partial charge in [0.05, 0.1) is 42.0 Å². The molecule has 49 heavy (non-hydrogen) atoms. The maximum atomic E-state index is 14.6. The number of carbonyl (C=O) groups excluding carboxylic acids is 1. The predicted molar refractivity (Wildman–Crippen MR) is 189 cm³/mol. The number of pyridine rings is 2. The predicted octanol–water partition coefficient (Wildman–Crippen LogP) is 3.38. The third-order valence-corrected chi connectivity index (χ3v) is 10.8. The van der Waals surface area contributed by atoms with Gasteiger partial charge in [-0.15, -0.1) is 0 Å². The average Bonchev–Trinajstić information content (AvgIpc) is 3.55. The van der Waals surface area contributed by atoms with E-state index in [2.05, 4.69) is 20.2 Å². The Balaban J connectivity index is 1.32. The first-order chi connectivity index (χ1) is 23.4. The van der Waals surface area contributed by atoms with Crippen LogP contribution in [0.15, 0.2) is 42.9 Å². The second-order valence-electron chi connectivity index (χ2n) is 13.6. The van der Waals surface area contributed by atoms with Crippen molar-refractivity contribution < 1.29 is 22.3 Å². The highest BCUT2D eigenvalue weighted by molar-refractivity contribution is 7.90. The summed E-state index contributed by atoms with van der Waals surface area (Å²) >= 11 is 0. The Kier molecular flexibility index (Phi) is 10.3. The molecular formula is C34H46FN9O4S. The van der Waals surface area contributed by atoms with E-state index in [9.17, 15) is 17.6 Å². The van der Waals surface area contributed by atoms with Crippen molar-refractivity contribution in [3.63, 3.8) is 0 Å². The normalized spacial score (nSPS) is 24.6. The smallest absolute Gasteiger partial charge is 0.246 e. The Hall–Kier alpha value is -3.95. The first kappa shape index (κ1) is 34.9. The molecule has 3 aromatic heterocycles. The van der Waals surface area contributed by atoms with Gasteiger partial charge < -0.3 is 29.7 Å². The number of methoxy groups -OCH3 is 1. The van der Waals surface area contributed by atoms with Gasteiger partial charge in [0.25, 0.3) is 0 Å². The van der Waals surface area contributed by atoms with Gasteiger partial charge in [0.2, 0.25) is 11.9 Å². The van der Waals surface area contributed by atoms with Crippen LogP contribution in [0.2, 0.25) is 0 Å². The van der Waals surface area contributed by atoms with Crippen LogP contribution in [0.3, 0.4) is 0 Å². The van der Waals surface area contributed by atoms with Crippen molar-refractivity contribution in [1.29, 1.82) is 0 Å². The molecule has 6 heterocycles. The van der Waals surface area contributed by atoms with Gasteiger partial charge in [-0.1, -0.05) is 6.08 Å². The number of aromatic nitrogens is 4. The third kappa shape index (κ3) is 7.78. The van der Waals surface area contributed by atoms with Crippen LogP contribution < -0.4 is 15.1 Å². The number of likely N-dealkylation sites (tertiary alicyclic amines) is 1. The number of anilines is 4. The largest absolute Gasteiger partial charge is 0.378 e. The molecule has 1 N–H and O–H groups in total. The standard InChI is InChI=1S/C34H46FN9O4S/c1-22-23(21-49(5,46)47)19-44(22)28-18-38-33(27-8-6-14-43(27)32(45)9-7-13-41(2)3)24-16-31(37-17-25(24)28)39-30-10-12-36-34(40-30)42-15-11-29(48-4)26(35)20-42/h7,9-10,12,16-18,22-23,26-27,29H,6,8,11,13-15,19-21H2,1-5H3,(H,36,37,39,40)/b9-7+/t22-,23-,26+,27?,29-/m1/s1. The summed E-state index contributed by atoms with van der Waals surface area (Å²) in [6, 6.07) is 3.46. The van der Waals surface area contributed by atoms with Crippen LogP contribution in [0.4, 0.5) is 27.7 Å². The second-order valence-corrected chi connectivity index (χ2v) is 15.8. The number of nitrogens with one attached hydrogen (secondary N) is 1. The average molecular weight is 696 g/mol. The summed E-state index contributed by atoms with van der Waals surface area (Å²) in [7, 11) is 2.34. The molecule has 3 saturated heterocycles. The lowest BCUT2D eigenvalue weighted by atomic mass is 9.90. The van der Waals surface area contributed by atoms with Gasteiger partial charge in [0.1, 0.15) is 27.6 Å². The third-order valence-electron chi connectivity index (χ3n) is 9.76. The molecule has 3 aromatic rings. The van der Waals surface area contributed by atoms with E-state index >= 15 is 0 Å². The molecular weight excluding hydrogens is 649 g/mol. The molecule has 5 atom stereocenters. The van der Waals surface area contributed by atoms with Crippen molar-refractivity contribution in [2.45, 2.75) is 50.5 Å². The number of nitrogens with zero attached hydrogens (tertiary/aromatic N) is 8. The first-order valence-corrected chi connectivity index (χ1v) is 18.8. The highest BCUT2D eigenvalue weighted by Crippen LogP contribution is 2.41. The molecule has 15 heteroatoms. The van der Waals surface area contributed by atoms with E-state index < -0.39 is 22.1 Å². The molecule has 0 aromatic carbocycles. The quantitative estimate of drug-likeness (QED) is 0.295. The number of piperidine rings is 1. The molecule has 13 nitrogen and oxygen atoms in total. The molecule has 1 amide bonds. The number of alkyl halides is 1. The maximum absolute atomic E-state index is 14.6. The number of rotatable bonds is 11. The summed E-state index contributed by atoms with van der Waals surface area (Å²) in [5, 5.41) is 5.03. The molecule has 0 aliphatic carbocycles. The molecule has 3 fully saturated rings. The number of sulfone groups is 1. The van der Waals surface area contributed by atoms with Crippen molar-refractivity contribution >= 4 is 49.8 Å². The van der Waals surface area contributed by atoms with Crippen LogP contribution in [-0.4, -0.2) is 128 Å². The van der Waals surface area contributed by atoms with E-state index in [1.165, 1.54) is 13.4 Å². The fourth-order valence-corrected chi connectivity index (χ4v) is 8.26. The Bertz CT molecular complexity index is 1810. The van der Waals surface area contributed by atoms with Crippen LogP contribution in [0.25, 0.3) is 10.8 Å². The zero-order valence-corrected chi connectivity index (χ0v) is 29.6. The van der Waals surface area contributed by atoms with Crippen LogP contribution in [0.1, 0.15) is 37.9 Å². The van der Waals surface area contributed by atoms with E-state index in [0.717, 1.165) is 35.0 Å². The Morgan fingerprint density at radius 1 is 1.12 bits per heavy atom. The highest BCUT2D eigenvalue weighted by atomic mass is 32.2. The van der Waals surface area contributed by atoms with Gasteiger partial charge in [0, 0.05) is 80.7 Å². The number of likely N-dealkylation sites (N-methyl/N-ethyl adjacent to an activating group) is 1. The van der Waals surface area contributed by atoms with Crippen molar-refractivity contribution in [3.05, 3.63) is 48.6 Å². The lowest BCUT2D eigenvalue weighted by molar-refractivity contribution is -0.127. The summed E-state index contributed by atoms with van der Waals surface area (Å²) in [6.45, 7) is 4.66. The number of ether oxygens (including phenoxy) is 1. The van der Waals surface area contributed by atoms with Crippen LogP contribution >= 0.6 is 0 Å². The topological polar surface area (TPSA) is 137 Å². The lowest BCUT2D eigenvalue weighted by Gasteiger charge is -2.48. The summed E-state index contributed by atoms with van der Waals surface area (Å²) in [5.74, 6) is 1.58. The fraction of sp³-hybridized carbons (Fsp3) is 0.559. The van der Waals surface area contributed by atoms with Gasteiger partial charge in [-0.2, -0.15) is 4.98 Å². The second kappa shape index (κ2) is 14.5. The minimum Gasteiger partial charge on any atom is -0.378 e. The van der Waals surface area contributed by atoms with Crippen molar-refractivity contribution in [2.75, 3.05) is 81.1 Å². The Morgan fingerprint density at radius 2 is 1.94 bits per heavy atom. The minimum absolute atomic E-state index is 0.00656. The minimum atomic E-state index is -3.11. The van der Waals surface area contributed by atoms with Crippen LogP contribution in [0, 0.1) is 5.92 Å². The van der Waals surface area contributed by atoms with Gasteiger partial charge >= 0.3 is 0 Å². The Labute approximate surface area is 287 Å².